The highest BCUT2D eigenvalue weighted by atomic mass is 33.1. The van der Waals surface area contributed by atoms with Crippen molar-refractivity contribution in [2.75, 3.05) is 0 Å². The van der Waals surface area contributed by atoms with Gasteiger partial charge in [-0.2, -0.15) is 13.2 Å². The van der Waals surface area contributed by atoms with E-state index in [0.29, 0.717) is 17.8 Å². The number of halogens is 3. The molecule has 36 heavy (non-hydrogen) atoms. The second kappa shape index (κ2) is 14.0. The van der Waals surface area contributed by atoms with Gasteiger partial charge < -0.3 is 5.11 Å². The standard InChI is InChI=1S/C26H41F3O.2C2H6.H2S2/c1-23(2,26(27,28)29)13-5-6-17-8-10-21-20-9-7-18-16-19(30)11-14-25(18,4)22(20)12-15-24(17,21)3;3*1-2/h7,17,19-22,30H,5-6,8-16H2,1-4H3;2*1-2H3;1-2H/t17?,19?,20-,21?,22?,24?,25?;;;/m0.../s1. The smallest absolute Gasteiger partial charge is 0.393 e. The van der Waals surface area contributed by atoms with E-state index in [9.17, 15) is 18.3 Å². The van der Waals surface area contributed by atoms with Crippen LogP contribution in [0.5, 0.6) is 0 Å². The molecule has 3 saturated carbocycles. The van der Waals surface area contributed by atoms with Crippen LogP contribution in [0.25, 0.3) is 0 Å². The van der Waals surface area contributed by atoms with Crippen LogP contribution in [-0.4, -0.2) is 17.4 Å². The van der Waals surface area contributed by atoms with Gasteiger partial charge in [0.05, 0.1) is 11.5 Å². The average molecular weight is 553 g/mol. The Hall–Kier alpha value is 0.190. The summed E-state index contributed by atoms with van der Waals surface area (Å²) in [5.74, 6) is 2.76. The third-order valence-corrected chi connectivity index (χ3v) is 10.4. The van der Waals surface area contributed by atoms with E-state index in [4.69, 9.17) is 0 Å². The van der Waals surface area contributed by atoms with Gasteiger partial charge in [0.25, 0.3) is 0 Å². The molecular weight excluding hydrogens is 497 g/mol. The van der Waals surface area contributed by atoms with Crippen LogP contribution in [0.1, 0.15) is 126 Å². The fraction of sp³-hybridized carbons (Fsp3) is 0.933. The van der Waals surface area contributed by atoms with Crippen LogP contribution >= 0.6 is 23.3 Å². The predicted molar refractivity (Wildman–Crippen MR) is 156 cm³/mol. The van der Waals surface area contributed by atoms with Gasteiger partial charge in [-0.3, -0.25) is 0 Å². The maximum atomic E-state index is 13.2. The molecule has 7 atom stereocenters. The first-order valence-corrected chi connectivity index (χ1v) is 16.1. The molecule has 0 radical (unpaired) electrons. The van der Waals surface area contributed by atoms with Crippen LogP contribution in [0.2, 0.25) is 0 Å². The van der Waals surface area contributed by atoms with Crippen molar-refractivity contribution in [2.45, 2.75) is 138 Å². The average Bonchev–Trinajstić information content (AvgIpc) is 3.19. The van der Waals surface area contributed by atoms with Gasteiger partial charge >= 0.3 is 6.18 Å². The molecule has 0 bridgehead atoms. The lowest BCUT2D eigenvalue weighted by Gasteiger charge is -2.58. The second-order valence-electron chi connectivity index (χ2n) is 12.2. The van der Waals surface area contributed by atoms with Crippen LogP contribution in [0, 0.1) is 39.9 Å². The fourth-order valence-corrected chi connectivity index (χ4v) is 8.16. The molecule has 0 heterocycles. The molecule has 4 rings (SSSR count). The summed E-state index contributed by atoms with van der Waals surface area (Å²) in [4.78, 5) is 0. The molecule has 214 valence electrons. The first-order valence-electron chi connectivity index (χ1n) is 14.5. The zero-order valence-corrected chi connectivity index (χ0v) is 26.0. The molecule has 0 aromatic heterocycles. The van der Waals surface area contributed by atoms with Gasteiger partial charge in [0, 0.05) is 0 Å². The topological polar surface area (TPSA) is 20.2 Å². The molecule has 3 fully saturated rings. The van der Waals surface area contributed by atoms with Crippen molar-refractivity contribution in [3.63, 3.8) is 0 Å². The summed E-state index contributed by atoms with van der Waals surface area (Å²) in [5.41, 5.74) is 0.501. The minimum Gasteiger partial charge on any atom is -0.393 e. The lowest BCUT2D eigenvalue weighted by atomic mass is 9.47. The molecule has 0 saturated heterocycles. The van der Waals surface area contributed by atoms with Crippen molar-refractivity contribution in [1.29, 1.82) is 0 Å². The summed E-state index contributed by atoms with van der Waals surface area (Å²) in [6.45, 7) is 15.6. The molecule has 1 N–H and O–H groups in total. The number of alkyl halides is 3. The molecule has 6 heteroatoms. The minimum absolute atomic E-state index is 0.161. The number of aliphatic hydroxyl groups excluding tert-OH is 1. The van der Waals surface area contributed by atoms with Gasteiger partial charge in [-0.15, -0.1) is 23.3 Å². The lowest BCUT2D eigenvalue weighted by molar-refractivity contribution is -0.214. The van der Waals surface area contributed by atoms with Crippen LogP contribution in [0.3, 0.4) is 0 Å². The fourth-order valence-electron chi connectivity index (χ4n) is 8.16. The summed E-state index contributed by atoms with van der Waals surface area (Å²) in [6, 6.07) is 0. The third kappa shape index (κ3) is 6.84. The zero-order valence-electron chi connectivity index (χ0n) is 24.2. The Labute approximate surface area is 231 Å². The van der Waals surface area contributed by atoms with Gasteiger partial charge in [-0.1, -0.05) is 73.5 Å². The summed E-state index contributed by atoms with van der Waals surface area (Å²) in [7, 11) is 0. The molecule has 0 aromatic rings. The SMILES string of the molecule is CC.CC.CC12CCC(O)CC1=CC[C@@H]1C2CCC2(C)C(CCCC(C)(C)C(F)(F)F)CCC12.SS. The Morgan fingerprint density at radius 1 is 0.944 bits per heavy atom. The molecule has 0 aliphatic heterocycles. The van der Waals surface area contributed by atoms with Crippen molar-refractivity contribution in [3.05, 3.63) is 11.6 Å². The van der Waals surface area contributed by atoms with E-state index in [2.05, 4.69) is 43.2 Å². The first-order chi connectivity index (χ1) is 16.9. The summed E-state index contributed by atoms with van der Waals surface area (Å²) < 4.78 is 39.7. The Kier molecular flexibility index (Phi) is 13.3. The Morgan fingerprint density at radius 2 is 1.56 bits per heavy atom. The van der Waals surface area contributed by atoms with Crippen molar-refractivity contribution in [1.82, 2.24) is 0 Å². The number of hydrogen-bond acceptors (Lipinski definition) is 3. The molecule has 0 aromatic carbocycles. The van der Waals surface area contributed by atoms with Crippen molar-refractivity contribution >= 4 is 23.3 Å². The van der Waals surface area contributed by atoms with Crippen molar-refractivity contribution in [3.8, 4) is 0 Å². The quantitative estimate of drug-likeness (QED) is 0.180. The van der Waals surface area contributed by atoms with Gasteiger partial charge in [0.1, 0.15) is 0 Å². The number of fused-ring (bicyclic) bond motifs is 5. The Bertz CT molecular complexity index is 692. The number of allylic oxidation sites excluding steroid dienone is 1. The van der Waals surface area contributed by atoms with Crippen molar-refractivity contribution < 1.29 is 18.3 Å². The van der Waals surface area contributed by atoms with E-state index in [1.807, 2.05) is 27.7 Å². The van der Waals surface area contributed by atoms with E-state index in [1.54, 1.807) is 0 Å². The normalized spacial score (nSPS) is 37.3. The number of aliphatic hydroxyl groups is 1. The van der Waals surface area contributed by atoms with Gasteiger partial charge in [0.2, 0.25) is 0 Å². The molecule has 0 spiro atoms. The Balaban J connectivity index is 0.00000101. The van der Waals surface area contributed by atoms with Crippen LogP contribution in [0.4, 0.5) is 13.2 Å². The number of hydrogen-bond donors (Lipinski definition) is 3. The summed E-state index contributed by atoms with van der Waals surface area (Å²) in [6.07, 6.45) is 9.07. The highest BCUT2D eigenvalue weighted by Crippen LogP contribution is 2.66. The maximum Gasteiger partial charge on any atom is 0.393 e. The number of rotatable bonds is 4. The molecule has 4 aliphatic carbocycles. The lowest BCUT2D eigenvalue weighted by Crippen LogP contribution is -2.50. The zero-order chi connectivity index (χ0) is 27.9. The van der Waals surface area contributed by atoms with Crippen LogP contribution in [-0.2, 0) is 0 Å². The first kappa shape index (κ1) is 34.2. The van der Waals surface area contributed by atoms with Crippen LogP contribution < -0.4 is 0 Å². The molecule has 4 aliphatic rings. The van der Waals surface area contributed by atoms with Gasteiger partial charge in [-0.05, 0) is 98.7 Å². The van der Waals surface area contributed by atoms with Gasteiger partial charge in [0.15, 0.2) is 0 Å². The van der Waals surface area contributed by atoms with Gasteiger partial charge in [-0.25, -0.2) is 0 Å². The largest absolute Gasteiger partial charge is 0.393 e. The summed E-state index contributed by atoms with van der Waals surface area (Å²) in [5, 5.41) is 10.2. The third-order valence-electron chi connectivity index (χ3n) is 10.4. The predicted octanol–water partition coefficient (Wildman–Crippen LogP) is 10.5. The molecule has 1 nitrogen and oxygen atoms in total. The van der Waals surface area contributed by atoms with E-state index in [0.717, 1.165) is 49.9 Å². The molecule has 0 amide bonds. The van der Waals surface area contributed by atoms with E-state index in [1.165, 1.54) is 45.1 Å². The molecule has 6 unspecified atom stereocenters. The Morgan fingerprint density at radius 3 is 2.14 bits per heavy atom. The van der Waals surface area contributed by atoms with Crippen molar-refractivity contribution in [2.24, 2.45) is 39.9 Å². The van der Waals surface area contributed by atoms with E-state index < -0.39 is 11.6 Å². The monoisotopic (exact) mass is 552 g/mol. The highest BCUT2D eigenvalue weighted by Gasteiger charge is 2.58. The van der Waals surface area contributed by atoms with Crippen LogP contribution in [0.15, 0.2) is 11.6 Å². The molecular formula is C30H55F3OS2. The maximum absolute atomic E-state index is 13.2. The highest BCUT2D eigenvalue weighted by molar-refractivity contribution is 8.59. The summed E-state index contributed by atoms with van der Waals surface area (Å²) >= 11 is 6.44. The van der Waals surface area contributed by atoms with E-state index in [-0.39, 0.29) is 17.9 Å². The second-order valence-corrected chi connectivity index (χ2v) is 12.2. The minimum atomic E-state index is -4.11. The van der Waals surface area contributed by atoms with E-state index >= 15 is 0 Å². The number of thiol groups is 2.